The molecule has 0 heterocycles. The van der Waals surface area contributed by atoms with Crippen LogP contribution in [-0.2, 0) is 0 Å². The van der Waals surface area contributed by atoms with Gasteiger partial charge in [0.1, 0.15) is 0 Å². The molecule has 0 spiro atoms. The highest BCUT2D eigenvalue weighted by molar-refractivity contribution is 6.42. The van der Waals surface area contributed by atoms with Gasteiger partial charge in [-0.05, 0) is 36.4 Å². The van der Waals surface area contributed by atoms with Gasteiger partial charge in [-0.1, -0.05) is 34.8 Å². The van der Waals surface area contributed by atoms with Crippen LogP contribution in [0.25, 0.3) is 0 Å². The van der Waals surface area contributed by atoms with E-state index in [9.17, 15) is 4.79 Å². The molecule has 2 aromatic carbocycles. The van der Waals surface area contributed by atoms with Gasteiger partial charge < -0.3 is 5.73 Å². The van der Waals surface area contributed by atoms with E-state index in [0.29, 0.717) is 31.9 Å². The summed E-state index contributed by atoms with van der Waals surface area (Å²) in [4.78, 5) is 12.2. The average Bonchev–Trinajstić information content (AvgIpc) is 2.35. The van der Waals surface area contributed by atoms with Crippen molar-refractivity contribution >= 4 is 46.3 Å². The molecule has 2 aromatic rings. The van der Waals surface area contributed by atoms with Crippen LogP contribution >= 0.6 is 34.8 Å². The maximum Gasteiger partial charge on any atom is 0.195 e. The number of carbonyl (C=O) groups is 1. The number of hydrogen-bond acceptors (Lipinski definition) is 2. The SMILES string of the molecule is Nc1ccc(Cl)cc1C(=O)c1ccc(Cl)c(Cl)c1. The molecule has 0 aliphatic carbocycles. The van der Waals surface area contributed by atoms with Crippen molar-refractivity contribution in [1.29, 1.82) is 0 Å². The molecular formula is C13H8Cl3NO. The highest BCUT2D eigenvalue weighted by atomic mass is 35.5. The summed E-state index contributed by atoms with van der Waals surface area (Å²) in [5.74, 6) is -0.242. The first kappa shape index (κ1) is 13.2. The largest absolute Gasteiger partial charge is 0.398 e. The minimum Gasteiger partial charge on any atom is -0.398 e. The predicted molar refractivity (Wildman–Crippen MR) is 75.8 cm³/mol. The van der Waals surface area contributed by atoms with Crippen molar-refractivity contribution in [3.63, 3.8) is 0 Å². The Morgan fingerprint density at radius 3 is 2.33 bits per heavy atom. The molecule has 0 aromatic heterocycles. The number of nitrogen functional groups attached to an aromatic ring is 1. The van der Waals surface area contributed by atoms with Gasteiger partial charge in [0.05, 0.1) is 10.0 Å². The monoisotopic (exact) mass is 299 g/mol. The van der Waals surface area contributed by atoms with Gasteiger partial charge in [-0.2, -0.15) is 0 Å². The normalized spacial score (nSPS) is 10.4. The standard InChI is InChI=1S/C13H8Cl3NO/c14-8-2-4-12(17)9(6-8)13(18)7-1-3-10(15)11(16)5-7/h1-6H,17H2. The lowest BCUT2D eigenvalue weighted by molar-refractivity contribution is 0.103. The van der Waals surface area contributed by atoms with E-state index in [1.807, 2.05) is 0 Å². The summed E-state index contributed by atoms with van der Waals surface area (Å²) in [7, 11) is 0. The molecule has 0 fully saturated rings. The van der Waals surface area contributed by atoms with Gasteiger partial charge in [-0.25, -0.2) is 0 Å². The van der Waals surface area contributed by atoms with Crippen molar-refractivity contribution < 1.29 is 4.79 Å². The second-order valence-electron chi connectivity index (χ2n) is 3.69. The molecular weight excluding hydrogens is 293 g/mol. The Kier molecular flexibility index (Phi) is 3.81. The fourth-order valence-corrected chi connectivity index (χ4v) is 1.99. The molecule has 92 valence electrons. The summed E-state index contributed by atoms with van der Waals surface area (Å²) >= 11 is 17.5. The quantitative estimate of drug-likeness (QED) is 0.657. The number of ketones is 1. The van der Waals surface area contributed by atoms with E-state index in [4.69, 9.17) is 40.5 Å². The Bertz CT molecular complexity index is 626. The van der Waals surface area contributed by atoms with Crippen LogP contribution in [0.5, 0.6) is 0 Å². The zero-order chi connectivity index (χ0) is 13.3. The molecule has 0 radical (unpaired) electrons. The number of anilines is 1. The second-order valence-corrected chi connectivity index (χ2v) is 4.94. The summed E-state index contributed by atoms with van der Waals surface area (Å²) in [6.07, 6.45) is 0. The van der Waals surface area contributed by atoms with Gasteiger partial charge in [0.25, 0.3) is 0 Å². The molecule has 0 unspecified atom stereocenters. The zero-order valence-corrected chi connectivity index (χ0v) is 11.4. The molecule has 0 saturated carbocycles. The van der Waals surface area contributed by atoms with E-state index in [0.717, 1.165) is 0 Å². The molecule has 18 heavy (non-hydrogen) atoms. The predicted octanol–water partition coefficient (Wildman–Crippen LogP) is 4.46. The fourth-order valence-electron chi connectivity index (χ4n) is 1.52. The lowest BCUT2D eigenvalue weighted by atomic mass is 10.0. The van der Waals surface area contributed by atoms with Gasteiger partial charge in [0.15, 0.2) is 5.78 Å². The van der Waals surface area contributed by atoms with Crippen LogP contribution in [0.2, 0.25) is 15.1 Å². The third-order valence-corrected chi connectivity index (χ3v) is 3.42. The smallest absolute Gasteiger partial charge is 0.195 e. The van der Waals surface area contributed by atoms with Crippen molar-refractivity contribution in [2.75, 3.05) is 5.73 Å². The van der Waals surface area contributed by atoms with Crippen LogP contribution in [0, 0.1) is 0 Å². The van der Waals surface area contributed by atoms with E-state index < -0.39 is 0 Å². The van der Waals surface area contributed by atoms with E-state index in [1.165, 1.54) is 12.1 Å². The van der Waals surface area contributed by atoms with Gasteiger partial charge in [-0.15, -0.1) is 0 Å². The minimum absolute atomic E-state index is 0.242. The Morgan fingerprint density at radius 1 is 0.944 bits per heavy atom. The Morgan fingerprint density at radius 2 is 1.67 bits per heavy atom. The molecule has 5 heteroatoms. The van der Waals surface area contributed by atoms with Crippen molar-refractivity contribution in [2.24, 2.45) is 0 Å². The van der Waals surface area contributed by atoms with E-state index in [1.54, 1.807) is 24.3 Å². The molecule has 0 amide bonds. The second kappa shape index (κ2) is 5.19. The summed E-state index contributed by atoms with van der Waals surface area (Å²) < 4.78 is 0. The maximum absolute atomic E-state index is 12.2. The van der Waals surface area contributed by atoms with Crippen molar-refractivity contribution in [2.45, 2.75) is 0 Å². The topological polar surface area (TPSA) is 43.1 Å². The maximum atomic E-state index is 12.2. The Hall–Kier alpha value is -1.22. The first-order chi connectivity index (χ1) is 8.49. The van der Waals surface area contributed by atoms with Crippen LogP contribution in [0.4, 0.5) is 5.69 Å². The Labute approximate surface area is 119 Å². The number of carbonyl (C=O) groups excluding carboxylic acids is 1. The minimum atomic E-state index is -0.242. The highest BCUT2D eigenvalue weighted by Crippen LogP contribution is 2.26. The number of hydrogen-bond donors (Lipinski definition) is 1. The van der Waals surface area contributed by atoms with Gasteiger partial charge >= 0.3 is 0 Å². The van der Waals surface area contributed by atoms with Gasteiger partial charge in [0.2, 0.25) is 0 Å². The number of benzene rings is 2. The lowest BCUT2D eigenvalue weighted by Gasteiger charge is -2.06. The first-order valence-corrected chi connectivity index (χ1v) is 6.17. The first-order valence-electron chi connectivity index (χ1n) is 5.04. The van der Waals surface area contributed by atoms with Crippen molar-refractivity contribution in [3.8, 4) is 0 Å². The third-order valence-electron chi connectivity index (χ3n) is 2.44. The van der Waals surface area contributed by atoms with Crippen LogP contribution in [-0.4, -0.2) is 5.78 Å². The van der Waals surface area contributed by atoms with Crippen LogP contribution in [0.3, 0.4) is 0 Å². The summed E-state index contributed by atoms with van der Waals surface area (Å²) in [6, 6.07) is 9.42. The molecule has 0 saturated heterocycles. The lowest BCUT2D eigenvalue weighted by Crippen LogP contribution is -2.05. The molecule has 2 N–H and O–H groups in total. The number of nitrogens with two attached hydrogens (primary N) is 1. The van der Waals surface area contributed by atoms with Crippen LogP contribution in [0.15, 0.2) is 36.4 Å². The molecule has 2 rings (SSSR count). The van der Waals surface area contributed by atoms with Gasteiger partial charge in [0, 0.05) is 21.8 Å². The van der Waals surface area contributed by atoms with Gasteiger partial charge in [-0.3, -0.25) is 4.79 Å². The molecule has 0 aliphatic heterocycles. The van der Waals surface area contributed by atoms with E-state index in [-0.39, 0.29) is 5.78 Å². The van der Waals surface area contributed by atoms with E-state index >= 15 is 0 Å². The number of rotatable bonds is 2. The van der Waals surface area contributed by atoms with Crippen LogP contribution < -0.4 is 5.73 Å². The zero-order valence-electron chi connectivity index (χ0n) is 9.08. The fraction of sp³-hybridized carbons (Fsp3) is 0. The molecule has 0 atom stereocenters. The summed E-state index contributed by atoms with van der Waals surface area (Å²) in [5.41, 5.74) is 6.89. The number of halogens is 3. The highest BCUT2D eigenvalue weighted by Gasteiger charge is 2.14. The molecule has 0 aliphatic rings. The average molecular weight is 301 g/mol. The van der Waals surface area contributed by atoms with Crippen molar-refractivity contribution in [1.82, 2.24) is 0 Å². The Balaban J connectivity index is 2.47. The van der Waals surface area contributed by atoms with Crippen LogP contribution in [0.1, 0.15) is 15.9 Å². The summed E-state index contributed by atoms with van der Waals surface area (Å²) in [6.45, 7) is 0. The van der Waals surface area contributed by atoms with E-state index in [2.05, 4.69) is 0 Å². The third kappa shape index (κ3) is 2.61. The molecule has 0 bridgehead atoms. The summed E-state index contributed by atoms with van der Waals surface area (Å²) in [5, 5.41) is 1.17. The van der Waals surface area contributed by atoms with Crippen molar-refractivity contribution in [3.05, 3.63) is 62.6 Å². The molecule has 2 nitrogen and oxygen atoms in total.